The Labute approximate surface area is 107 Å². The second kappa shape index (κ2) is 4.16. The minimum absolute atomic E-state index is 0.299. The summed E-state index contributed by atoms with van der Waals surface area (Å²) in [6, 6.07) is 4.54. The van der Waals surface area contributed by atoms with Gasteiger partial charge in [0.2, 0.25) is 0 Å². The van der Waals surface area contributed by atoms with Crippen molar-refractivity contribution in [2.75, 3.05) is 5.73 Å². The lowest BCUT2D eigenvalue weighted by Gasteiger charge is -2.26. The summed E-state index contributed by atoms with van der Waals surface area (Å²) in [6.45, 7) is 4.34. The molecule has 0 fully saturated rings. The van der Waals surface area contributed by atoms with Crippen LogP contribution < -0.4 is 5.73 Å². The van der Waals surface area contributed by atoms with Gasteiger partial charge in [0, 0.05) is 5.92 Å². The topological polar surface area (TPSA) is 52.0 Å². The summed E-state index contributed by atoms with van der Waals surface area (Å²) in [5.41, 5.74) is 13.1. The van der Waals surface area contributed by atoms with Crippen molar-refractivity contribution in [1.82, 2.24) is 5.16 Å². The highest BCUT2D eigenvalue weighted by atomic mass is 16.5. The van der Waals surface area contributed by atoms with Gasteiger partial charge in [0.15, 0.2) is 0 Å². The van der Waals surface area contributed by atoms with Crippen molar-refractivity contribution in [3.05, 3.63) is 46.3 Å². The molecule has 18 heavy (non-hydrogen) atoms. The zero-order valence-corrected chi connectivity index (χ0v) is 10.9. The van der Waals surface area contributed by atoms with Crippen molar-refractivity contribution < 1.29 is 4.52 Å². The van der Waals surface area contributed by atoms with Crippen molar-refractivity contribution in [2.24, 2.45) is 0 Å². The highest BCUT2D eigenvalue weighted by Gasteiger charge is 2.27. The van der Waals surface area contributed by atoms with Crippen LogP contribution in [-0.4, -0.2) is 5.16 Å². The lowest BCUT2D eigenvalue weighted by Crippen LogP contribution is -2.14. The molecule has 2 aromatic rings. The van der Waals surface area contributed by atoms with Gasteiger partial charge in [-0.25, -0.2) is 0 Å². The van der Waals surface area contributed by atoms with Gasteiger partial charge in [-0.05, 0) is 49.8 Å². The third-order valence-corrected chi connectivity index (χ3v) is 3.86. The van der Waals surface area contributed by atoms with Crippen LogP contribution >= 0.6 is 0 Å². The van der Waals surface area contributed by atoms with Crippen molar-refractivity contribution in [1.29, 1.82) is 0 Å². The van der Waals surface area contributed by atoms with Gasteiger partial charge in [-0.1, -0.05) is 22.9 Å². The number of rotatable bonds is 1. The first-order valence-corrected chi connectivity index (χ1v) is 6.46. The van der Waals surface area contributed by atoms with E-state index in [0.717, 1.165) is 18.5 Å². The van der Waals surface area contributed by atoms with Crippen molar-refractivity contribution >= 4 is 5.69 Å². The number of nitrogens with two attached hydrogens (primary N) is 1. The Morgan fingerprint density at radius 2 is 2.17 bits per heavy atom. The van der Waals surface area contributed by atoms with Gasteiger partial charge >= 0.3 is 0 Å². The first kappa shape index (κ1) is 11.3. The maximum absolute atomic E-state index is 5.95. The monoisotopic (exact) mass is 242 g/mol. The van der Waals surface area contributed by atoms with Gasteiger partial charge < -0.3 is 10.3 Å². The molecule has 3 heteroatoms. The fraction of sp³-hybridized carbons (Fsp3) is 0.400. The Morgan fingerprint density at radius 1 is 1.33 bits per heavy atom. The predicted octanol–water partition coefficient (Wildman–Crippen LogP) is 3.34. The maximum atomic E-state index is 5.95. The molecular weight excluding hydrogens is 224 g/mol. The zero-order chi connectivity index (χ0) is 12.7. The normalized spacial score (nSPS) is 18.7. The molecule has 0 spiro atoms. The molecule has 1 aliphatic carbocycles. The molecule has 0 bridgehead atoms. The molecule has 3 nitrogen and oxygen atoms in total. The van der Waals surface area contributed by atoms with Crippen LogP contribution in [0.2, 0.25) is 0 Å². The molecule has 0 aliphatic heterocycles. The first-order chi connectivity index (χ1) is 8.66. The number of nitrogen functional groups attached to an aromatic ring is 1. The van der Waals surface area contributed by atoms with E-state index in [1.807, 2.05) is 0 Å². The number of nitrogens with zero attached hydrogens (tertiary/aromatic N) is 1. The number of aryl methyl sites for hydroxylation is 3. The van der Waals surface area contributed by atoms with Gasteiger partial charge in [-0.3, -0.25) is 0 Å². The van der Waals surface area contributed by atoms with Gasteiger partial charge in [0.25, 0.3) is 0 Å². The Balaban J connectivity index is 2.15. The van der Waals surface area contributed by atoms with Crippen LogP contribution in [0.15, 0.2) is 22.9 Å². The van der Waals surface area contributed by atoms with Gasteiger partial charge in [0.05, 0.1) is 5.69 Å². The zero-order valence-electron chi connectivity index (χ0n) is 10.9. The molecule has 0 radical (unpaired) electrons. The van der Waals surface area contributed by atoms with Crippen molar-refractivity contribution in [2.45, 2.75) is 39.0 Å². The molecule has 1 aliphatic rings. The van der Waals surface area contributed by atoms with Crippen molar-refractivity contribution in [3.63, 3.8) is 0 Å². The summed E-state index contributed by atoms with van der Waals surface area (Å²) in [4.78, 5) is 0. The van der Waals surface area contributed by atoms with Crippen LogP contribution in [-0.2, 0) is 6.42 Å². The predicted molar refractivity (Wildman–Crippen MR) is 71.6 cm³/mol. The number of hydrogen-bond donors (Lipinski definition) is 1. The largest absolute Gasteiger partial charge is 0.395 e. The molecule has 3 rings (SSSR count). The Hall–Kier alpha value is -1.77. The average Bonchev–Trinajstić information content (AvgIpc) is 2.74. The summed E-state index contributed by atoms with van der Waals surface area (Å²) in [5, 5.41) is 4.10. The van der Waals surface area contributed by atoms with E-state index in [1.165, 1.54) is 34.9 Å². The van der Waals surface area contributed by atoms with Gasteiger partial charge in [-0.15, -0.1) is 0 Å². The summed E-state index contributed by atoms with van der Waals surface area (Å²) in [6.07, 6.45) is 4.99. The Bertz CT molecular complexity index is 586. The summed E-state index contributed by atoms with van der Waals surface area (Å²) in [7, 11) is 0. The summed E-state index contributed by atoms with van der Waals surface area (Å²) in [5.74, 6) is 0.299. The first-order valence-electron chi connectivity index (χ1n) is 6.46. The lowest BCUT2D eigenvalue weighted by atomic mass is 9.78. The van der Waals surface area contributed by atoms with E-state index in [2.05, 4.69) is 31.1 Å². The highest BCUT2D eigenvalue weighted by molar-refractivity contribution is 5.51. The third-order valence-electron chi connectivity index (χ3n) is 3.86. The van der Waals surface area contributed by atoms with Gasteiger partial charge in [0.1, 0.15) is 12.0 Å². The number of hydrogen-bond acceptors (Lipinski definition) is 3. The lowest BCUT2D eigenvalue weighted by molar-refractivity contribution is 0.404. The molecule has 1 unspecified atom stereocenters. The standard InChI is InChI=1S/C15H18N2O/c1-9-6-10(2)14-11(7-9)4-3-5-12(14)15-13(16)8-18-17-15/h6-8,12H,3-5,16H2,1-2H3. The van der Waals surface area contributed by atoms with Gasteiger partial charge in [-0.2, -0.15) is 0 Å². The second-order valence-corrected chi connectivity index (χ2v) is 5.25. The number of benzene rings is 1. The molecule has 1 heterocycles. The van der Waals surface area contributed by atoms with E-state index in [-0.39, 0.29) is 0 Å². The molecule has 1 atom stereocenters. The molecule has 0 saturated carbocycles. The number of anilines is 1. The minimum Gasteiger partial charge on any atom is -0.395 e. The Kier molecular flexibility index (Phi) is 2.62. The molecule has 0 saturated heterocycles. The van der Waals surface area contributed by atoms with E-state index in [9.17, 15) is 0 Å². The molecule has 1 aromatic carbocycles. The second-order valence-electron chi connectivity index (χ2n) is 5.25. The van der Waals surface area contributed by atoms with E-state index >= 15 is 0 Å². The van der Waals surface area contributed by atoms with Crippen LogP contribution in [0.25, 0.3) is 0 Å². The smallest absolute Gasteiger partial charge is 0.147 e. The van der Waals surface area contributed by atoms with Crippen LogP contribution in [0.5, 0.6) is 0 Å². The molecule has 0 amide bonds. The highest BCUT2D eigenvalue weighted by Crippen LogP contribution is 2.40. The van der Waals surface area contributed by atoms with Crippen molar-refractivity contribution in [3.8, 4) is 0 Å². The molecule has 2 N–H and O–H groups in total. The minimum atomic E-state index is 0.299. The maximum Gasteiger partial charge on any atom is 0.147 e. The summed E-state index contributed by atoms with van der Waals surface area (Å²) < 4.78 is 5.00. The van der Waals surface area contributed by atoms with Crippen LogP contribution in [0.4, 0.5) is 5.69 Å². The van der Waals surface area contributed by atoms with Crippen LogP contribution in [0, 0.1) is 13.8 Å². The fourth-order valence-corrected chi connectivity index (χ4v) is 3.20. The van der Waals surface area contributed by atoms with Crippen LogP contribution in [0.3, 0.4) is 0 Å². The number of aromatic nitrogens is 1. The quantitative estimate of drug-likeness (QED) is 0.834. The average molecular weight is 242 g/mol. The van der Waals surface area contributed by atoms with E-state index in [1.54, 1.807) is 0 Å². The third kappa shape index (κ3) is 1.70. The van der Waals surface area contributed by atoms with E-state index in [0.29, 0.717) is 11.6 Å². The fourth-order valence-electron chi connectivity index (χ4n) is 3.20. The summed E-state index contributed by atoms with van der Waals surface area (Å²) >= 11 is 0. The van der Waals surface area contributed by atoms with E-state index < -0.39 is 0 Å². The van der Waals surface area contributed by atoms with Crippen LogP contribution in [0.1, 0.15) is 46.7 Å². The van der Waals surface area contributed by atoms with E-state index in [4.69, 9.17) is 10.3 Å². The number of fused-ring (bicyclic) bond motifs is 1. The Morgan fingerprint density at radius 3 is 2.89 bits per heavy atom. The molecular formula is C15H18N2O. The SMILES string of the molecule is Cc1cc(C)c2c(c1)CCCC2c1nocc1N. The molecule has 94 valence electrons. The molecule has 1 aromatic heterocycles.